The van der Waals surface area contributed by atoms with Gasteiger partial charge in [-0.05, 0) is 91.9 Å². The number of likely N-dealkylation sites (tertiary alicyclic amines) is 1. The Morgan fingerprint density at radius 3 is 2.61 bits per heavy atom. The normalized spacial score (nSPS) is 47.4. The number of hydrogen-bond donors (Lipinski definition) is 0. The fraction of sp³-hybridized carbons (Fsp3) is 0.806. The van der Waals surface area contributed by atoms with Crippen molar-refractivity contribution in [2.45, 2.75) is 111 Å². The van der Waals surface area contributed by atoms with Gasteiger partial charge in [0.1, 0.15) is 18.0 Å². The van der Waals surface area contributed by atoms with Gasteiger partial charge in [-0.3, -0.25) is 9.59 Å². The Morgan fingerprint density at radius 1 is 1.11 bits per heavy atom. The second-order valence-electron chi connectivity index (χ2n) is 13.7. The van der Waals surface area contributed by atoms with Crippen LogP contribution in [0.5, 0.6) is 0 Å². The molecule has 0 bridgehead atoms. The minimum atomic E-state index is -0.148. The zero-order chi connectivity index (χ0) is 25.6. The number of carbonyl (C=O) groups excluding carboxylic acids is 2. The first-order chi connectivity index (χ1) is 17.0. The van der Waals surface area contributed by atoms with Crippen LogP contribution in [0.2, 0.25) is 0 Å². The van der Waals surface area contributed by atoms with Gasteiger partial charge in [0.25, 0.3) is 0 Å². The number of hydrogen-bond acceptors (Lipinski definition) is 4. The molecule has 198 valence electrons. The highest BCUT2D eigenvalue weighted by Gasteiger charge is 2.64. The van der Waals surface area contributed by atoms with Gasteiger partial charge >= 0.3 is 5.97 Å². The van der Waals surface area contributed by atoms with Gasteiger partial charge in [0.2, 0.25) is 5.91 Å². The second kappa shape index (κ2) is 8.36. The summed E-state index contributed by atoms with van der Waals surface area (Å²) in [4.78, 5) is 26.0. The fourth-order valence-corrected chi connectivity index (χ4v) is 10.2. The Bertz CT molecular complexity index is 1030. The third-order valence-electron chi connectivity index (χ3n) is 11.7. The number of nitrogens with zero attached hydrogens (tertiary/aromatic N) is 1. The largest absolute Gasteiger partial charge is 0.492 e. The third kappa shape index (κ3) is 3.46. The van der Waals surface area contributed by atoms with Crippen molar-refractivity contribution < 1.29 is 19.1 Å². The van der Waals surface area contributed by atoms with Crippen LogP contribution in [0.15, 0.2) is 23.0 Å². The van der Waals surface area contributed by atoms with Crippen LogP contribution < -0.4 is 0 Å². The number of ether oxygens (including phenoxy) is 2. The molecule has 0 N–H and O–H groups in total. The number of allylic oxidation sites excluding steroid dienone is 1. The van der Waals surface area contributed by atoms with Gasteiger partial charge < -0.3 is 14.4 Å². The number of carbonyl (C=O) groups is 2. The average molecular weight is 496 g/mol. The van der Waals surface area contributed by atoms with Gasteiger partial charge in [-0.15, -0.1) is 0 Å². The van der Waals surface area contributed by atoms with Crippen LogP contribution in [0.1, 0.15) is 92.9 Å². The topological polar surface area (TPSA) is 55.8 Å². The summed E-state index contributed by atoms with van der Waals surface area (Å²) in [6.07, 6.45) is 11.8. The molecule has 36 heavy (non-hydrogen) atoms. The minimum Gasteiger partial charge on any atom is -0.492 e. The summed E-state index contributed by atoms with van der Waals surface area (Å²) >= 11 is 0. The van der Waals surface area contributed by atoms with Crippen LogP contribution in [0.3, 0.4) is 0 Å². The summed E-state index contributed by atoms with van der Waals surface area (Å²) in [5.41, 5.74) is 3.52. The highest BCUT2D eigenvalue weighted by Crippen LogP contribution is 2.69. The maximum absolute atomic E-state index is 12.4. The number of rotatable bonds is 2. The van der Waals surface area contributed by atoms with Crippen molar-refractivity contribution in [2.75, 3.05) is 6.54 Å². The van der Waals surface area contributed by atoms with E-state index in [4.69, 9.17) is 9.47 Å². The highest BCUT2D eigenvalue weighted by atomic mass is 16.5. The van der Waals surface area contributed by atoms with Crippen molar-refractivity contribution >= 4 is 11.9 Å². The molecule has 4 aliphatic carbocycles. The van der Waals surface area contributed by atoms with Crippen molar-refractivity contribution in [1.82, 2.24) is 4.90 Å². The quantitative estimate of drug-likeness (QED) is 0.346. The lowest BCUT2D eigenvalue weighted by atomic mass is 9.47. The summed E-state index contributed by atoms with van der Waals surface area (Å²) in [7, 11) is 0. The predicted octanol–water partition coefficient (Wildman–Crippen LogP) is 6.04. The van der Waals surface area contributed by atoms with E-state index in [1.807, 2.05) is 0 Å². The van der Waals surface area contributed by atoms with Crippen LogP contribution in [0.25, 0.3) is 0 Å². The van der Waals surface area contributed by atoms with Gasteiger partial charge in [0.05, 0.1) is 6.04 Å². The maximum atomic E-state index is 12.4. The van der Waals surface area contributed by atoms with E-state index in [-0.39, 0.29) is 41.0 Å². The van der Waals surface area contributed by atoms with E-state index >= 15 is 0 Å². The minimum absolute atomic E-state index is 0.0607. The SMILES string of the molecule is CC(=O)O[C@H]1CC[C@@]2(C)C(=CC[C@H]3[C@@H]4C[C@@H]5OC([C@@H]6C[C@@H](C)CN6C(C)=O)=C(C)[C@@H]5[C@@]4(C)CC[C@@H]32)C1. The maximum Gasteiger partial charge on any atom is 0.302 e. The molecule has 5 heteroatoms. The molecule has 0 aromatic carbocycles. The van der Waals surface area contributed by atoms with E-state index in [1.165, 1.54) is 25.3 Å². The Kier molecular flexibility index (Phi) is 5.70. The number of amides is 1. The molecular weight excluding hydrogens is 450 g/mol. The lowest BCUT2D eigenvalue weighted by Crippen LogP contribution is -2.50. The highest BCUT2D eigenvalue weighted by molar-refractivity contribution is 5.74. The van der Waals surface area contributed by atoms with E-state index < -0.39 is 0 Å². The molecule has 0 aromatic rings. The van der Waals surface area contributed by atoms with E-state index in [9.17, 15) is 9.59 Å². The molecule has 2 aliphatic heterocycles. The first-order valence-corrected chi connectivity index (χ1v) is 14.5. The standard InChI is InChI=1S/C31H45NO4/c1-17-13-26(32(16-17)19(3)33)29-18(2)28-27(36-29)15-25-23-8-7-21-14-22(35-20(4)34)9-11-30(21,5)24(23)10-12-31(25,28)6/h7,17,22-28H,8-16H2,1-6H3/t17-,22+,23-,24+,25+,26+,27+,28+,30+,31+/m1/s1. The molecule has 4 fully saturated rings. The molecule has 1 amide bonds. The molecule has 6 rings (SSSR count). The Hall–Kier alpha value is -1.78. The summed E-state index contributed by atoms with van der Waals surface area (Å²) in [6, 6.07) is 0.132. The van der Waals surface area contributed by atoms with Gasteiger partial charge in [-0.2, -0.15) is 0 Å². The van der Waals surface area contributed by atoms with E-state index in [2.05, 4.69) is 38.7 Å². The fourth-order valence-electron chi connectivity index (χ4n) is 10.2. The molecule has 6 aliphatic rings. The lowest BCUT2D eigenvalue weighted by molar-refractivity contribution is -0.148. The zero-order valence-corrected chi connectivity index (χ0v) is 23.1. The molecule has 5 nitrogen and oxygen atoms in total. The summed E-state index contributed by atoms with van der Waals surface area (Å²) < 4.78 is 12.5. The van der Waals surface area contributed by atoms with Crippen molar-refractivity contribution in [2.24, 2.45) is 40.4 Å². The Balaban J connectivity index is 1.25. The summed E-state index contributed by atoms with van der Waals surface area (Å²) in [5.74, 6) is 4.31. The van der Waals surface area contributed by atoms with Gasteiger partial charge in [0, 0.05) is 32.7 Å². The molecule has 2 heterocycles. The average Bonchev–Trinajstić information content (AvgIpc) is 3.44. The monoisotopic (exact) mass is 495 g/mol. The molecule has 3 saturated carbocycles. The molecule has 10 atom stereocenters. The Labute approximate surface area is 217 Å². The molecular formula is C31H45NO4. The molecule has 0 aromatic heterocycles. The van der Waals surface area contributed by atoms with Crippen molar-refractivity contribution in [3.05, 3.63) is 23.0 Å². The van der Waals surface area contributed by atoms with Crippen LogP contribution in [-0.2, 0) is 19.1 Å². The number of esters is 1. The number of fused-ring (bicyclic) bond motifs is 7. The van der Waals surface area contributed by atoms with E-state index in [0.717, 1.165) is 56.7 Å². The van der Waals surface area contributed by atoms with Crippen molar-refractivity contribution in [1.29, 1.82) is 0 Å². The lowest BCUT2D eigenvalue weighted by Gasteiger charge is -2.58. The van der Waals surface area contributed by atoms with E-state index in [0.29, 0.717) is 23.7 Å². The van der Waals surface area contributed by atoms with Crippen molar-refractivity contribution in [3.8, 4) is 0 Å². The zero-order valence-electron chi connectivity index (χ0n) is 23.1. The first kappa shape index (κ1) is 24.6. The van der Waals surface area contributed by atoms with Gasteiger partial charge in [-0.1, -0.05) is 32.4 Å². The van der Waals surface area contributed by atoms with Crippen molar-refractivity contribution in [3.63, 3.8) is 0 Å². The van der Waals surface area contributed by atoms with Gasteiger partial charge in [0.15, 0.2) is 0 Å². The van der Waals surface area contributed by atoms with Crippen LogP contribution in [0.4, 0.5) is 0 Å². The second-order valence-corrected chi connectivity index (χ2v) is 13.7. The molecule has 0 radical (unpaired) electrons. The smallest absolute Gasteiger partial charge is 0.302 e. The van der Waals surface area contributed by atoms with Gasteiger partial charge in [-0.25, -0.2) is 0 Å². The summed E-state index contributed by atoms with van der Waals surface area (Å²) in [5, 5.41) is 0. The van der Waals surface area contributed by atoms with Crippen LogP contribution in [-0.4, -0.2) is 41.6 Å². The molecule has 1 saturated heterocycles. The third-order valence-corrected chi connectivity index (χ3v) is 11.7. The first-order valence-electron chi connectivity index (χ1n) is 14.5. The predicted molar refractivity (Wildman–Crippen MR) is 139 cm³/mol. The van der Waals surface area contributed by atoms with E-state index in [1.54, 1.807) is 12.5 Å². The molecule has 0 spiro atoms. The van der Waals surface area contributed by atoms with Crippen LogP contribution in [0, 0.1) is 40.4 Å². The summed E-state index contributed by atoms with van der Waals surface area (Å²) in [6.45, 7) is 13.7. The molecule has 0 unspecified atom stereocenters. The Morgan fingerprint density at radius 2 is 1.89 bits per heavy atom. The van der Waals surface area contributed by atoms with Crippen LogP contribution >= 0.6 is 0 Å².